The highest BCUT2D eigenvalue weighted by Gasteiger charge is 2.52. The normalized spacial score (nSPS) is 26.9. The van der Waals surface area contributed by atoms with Gasteiger partial charge in [-0.05, 0) is 47.0 Å². The zero-order chi connectivity index (χ0) is 16.8. The van der Waals surface area contributed by atoms with Crippen molar-refractivity contribution in [2.24, 2.45) is 0 Å². The van der Waals surface area contributed by atoms with Crippen LogP contribution in [0.4, 0.5) is 0 Å². The number of nitrogens with zero attached hydrogens (tertiary/aromatic N) is 2. The van der Waals surface area contributed by atoms with Crippen molar-refractivity contribution in [2.75, 3.05) is 6.61 Å². The van der Waals surface area contributed by atoms with Gasteiger partial charge in [-0.25, -0.2) is 4.98 Å². The summed E-state index contributed by atoms with van der Waals surface area (Å²) in [4.78, 5) is 4.83. The van der Waals surface area contributed by atoms with E-state index in [2.05, 4.69) is 52.3 Å². The van der Waals surface area contributed by atoms with Crippen molar-refractivity contribution in [3.05, 3.63) is 12.0 Å². The smallest absolute Gasteiger partial charge is 0.398 e. The molecule has 0 aromatic carbocycles. The van der Waals surface area contributed by atoms with Crippen molar-refractivity contribution in [1.82, 2.24) is 9.55 Å². The van der Waals surface area contributed by atoms with Crippen molar-refractivity contribution in [2.45, 2.75) is 84.2 Å². The molecule has 2 saturated heterocycles. The van der Waals surface area contributed by atoms with Crippen LogP contribution < -0.4 is 5.59 Å². The van der Waals surface area contributed by atoms with Crippen molar-refractivity contribution >= 4 is 12.7 Å². The van der Waals surface area contributed by atoms with Gasteiger partial charge in [0, 0.05) is 18.7 Å². The maximum absolute atomic E-state index is 6.15. The molecular formula is C17H29BN2O3. The molecule has 0 radical (unpaired) electrons. The Labute approximate surface area is 139 Å². The molecule has 3 rings (SSSR count). The lowest BCUT2D eigenvalue weighted by Crippen LogP contribution is -2.41. The summed E-state index contributed by atoms with van der Waals surface area (Å²) in [6.07, 6.45) is 5.54. The van der Waals surface area contributed by atoms with Gasteiger partial charge >= 0.3 is 7.12 Å². The van der Waals surface area contributed by atoms with E-state index in [1.807, 2.05) is 0 Å². The van der Waals surface area contributed by atoms with E-state index in [9.17, 15) is 0 Å². The fourth-order valence-electron chi connectivity index (χ4n) is 3.11. The van der Waals surface area contributed by atoms with E-state index in [0.717, 1.165) is 30.9 Å². The molecule has 0 amide bonds. The van der Waals surface area contributed by atoms with Gasteiger partial charge in [0.2, 0.25) is 0 Å². The van der Waals surface area contributed by atoms with Crippen LogP contribution >= 0.6 is 0 Å². The zero-order valence-corrected chi connectivity index (χ0v) is 15.3. The van der Waals surface area contributed by atoms with E-state index in [0.29, 0.717) is 5.92 Å². The Balaban J connectivity index is 1.89. The minimum atomic E-state index is -0.414. The van der Waals surface area contributed by atoms with Crippen LogP contribution in [0.25, 0.3) is 0 Å². The second-order valence-electron chi connectivity index (χ2n) is 8.00. The van der Waals surface area contributed by atoms with Crippen LogP contribution in [0.2, 0.25) is 0 Å². The summed E-state index contributed by atoms with van der Waals surface area (Å²) in [6.45, 7) is 13.4. The van der Waals surface area contributed by atoms with Crippen LogP contribution in [0.15, 0.2) is 6.20 Å². The molecule has 1 atom stereocenters. The number of hydrogen-bond acceptors (Lipinski definition) is 4. The van der Waals surface area contributed by atoms with Gasteiger partial charge in [-0.1, -0.05) is 13.8 Å². The van der Waals surface area contributed by atoms with Crippen LogP contribution in [0.5, 0.6) is 0 Å². The van der Waals surface area contributed by atoms with Gasteiger partial charge in [0.25, 0.3) is 0 Å². The first-order chi connectivity index (χ1) is 10.7. The number of aromatic nitrogens is 2. The van der Waals surface area contributed by atoms with Gasteiger partial charge in [-0.15, -0.1) is 0 Å². The van der Waals surface area contributed by atoms with Crippen molar-refractivity contribution in [1.29, 1.82) is 0 Å². The standard InChI is InChI=1S/C17H29BN2O3/c1-12(2)15-19-13(11-20(15)14-9-7-8-10-21-14)18-22-16(3,4)17(5,6)23-18/h11-12,14H,7-10H2,1-6H3. The SMILES string of the molecule is CC(C)c1nc(B2OC(C)(C)C(C)(C)O2)cn1C1CCCCO1. The molecule has 1 aromatic rings. The molecule has 2 aliphatic rings. The average molecular weight is 320 g/mol. The number of rotatable bonds is 3. The van der Waals surface area contributed by atoms with Gasteiger partial charge in [0.05, 0.1) is 16.8 Å². The molecule has 1 unspecified atom stereocenters. The Morgan fingerprint density at radius 1 is 1.17 bits per heavy atom. The van der Waals surface area contributed by atoms with E-state index in [-0.39, 0.29) is 17.4 Å². The first-order valence-electron chi connectivity index (χ1n) is 8.77. The maximum Gasteiger partial charge on any atom is 0.516 e. The zero-order valence-electron chi connectivity index (χ0n) is 15.3. The van der Waals surface area contributed by atoms with Crippen molar-refractivity contribution in [3.8, 4) is 0 Å². The summed E-state index contributed by atoms with van der Waals surface area (Å²) in [5, 5.41) is 0. The second-order valence-corrected chi connectivity index (χ2v) is 8.00. The molecular weight excluding hydrogens is 291 g/mol. The monoisotopic (exact) mass is 320 g/mol. The van der Waals surface area contributed by atoms with E-state index in [1.54, 1.807) is 0 Å². The van der Waals surface area contributed by atoms with Gasteiger partial charge < -0.3 is 18.6 Å². The fourth-order valence-corrected chi connectivity index (χ4v) is 3.11. The lowest BCUT2D eigenvalue weighted by atomic mass is 9.86. The Hall–Kier alpha value is -0.845. The van der Waals surface area contributed by atoms with Crippen LogP contribution in [0.3, 0.4) is 0 Å². The predicted molar refractivity (Wildman–Crippen MR) is 90.9 cm³/mol. The molecule has 3 heterocycles. The summed E-state index contributed by atoms with van der Waals surface area (Å²) >= 11 is 0. The third kappa shape index (κ3) is 3.09. The Morgan fingerprint density at radius 2 is 1.83 bits per heavy atom. The summed E-state index contributed by atoms with van der Waals surface area (Å²) < 4.78 is 20.4. The molecule has 0 aliphatic carbocycles. The number of imidazole rings is 1. The highest BCUT2D eigenvalue weighted by atomic mass is 16.7. The van der Waals surface area contributed by atoms with Gasteiger partial charge in [0.15, 0.2) is 0 Å². The molecule has 5 nitrogen and oxygen atoms in total. The topological polar surface area (TPSA) is 45.5 Å². The molecule has 0 saturated carbocycles. The molecule has 0 spiro atoms. The Bertz CT molecular complexity index is 546. The number of ether oxygens (including phenoxy) is 1. The molecule has 2 aliphatic heterocycles. The first kappa shape index (κ1) is 17.0. The molecule has 128 valence electrons. The maximum atomic E-state index is 6.15. The lowest BCUT2D eigenvalue weighted by molar-refractivity contribution is -0.0339. The minimum absolute atomic E-state index is 0.0878. The van der Waals surface area contributed by atoms with Crippen molar-refractivity contribution in [3.63, 3.8) is 0 Å². The van der Waals surface area contributed by atoms with E-state index >= 15 is 0 Å². The summed E-state index contributed by atoms with van der Waals surface area (Å²) in [6, 6.07) is 0. The summed E-state index contributed by atoms with van der Waals surface area (Å²) in [7, 11) is -0.414. The van der Waals surface area contributed by atoms with E-state index in [1.165, 1.54) is 6.42 Å². The largest absolute Gasteiger partial charge is 0.516 e. The quantitative estimate of drug-likeness (QED) is 0.803. The first-order valence-corrected chi connectivity index (χ1v) is 8.77. The molecule has 0 N–H and O–H groups in total. The average Bonchev–Trinajstić information content (AvgIpc) is 3.00. The Kier molecular flexibility index (Phi) is 4.36. The molecule has 1 aromatic heterocycles. The third-order valence-electron chi connectivity index (χ3n) is 5.26. The molecule has 23 heavy (non-hydrogen) atoms. The fraction of sp³-hybridized carbons (Fsp3) is 0.824. The van der Waals surface area contributed by atoms with Gasteiger partial charge in [-0.2, -0.15) is 0 Å². The highest BCUT2D eigenvalue weighted by molar-refractivity contribution is 6.61. The summed E-state index contributed by atoms with van der Waals surface area (Å²) in [5.74, 6) is 1.37. The minimum Gasteiger partial charge on any atom is -0.398 e. The van der Waals surface area contributed by atoms with Crippen LogP contribution in [0, 0.1) is 0 Å². The second kappa shape index (κ2) is 5.90. The number of hydrogen-bond donors (Lipinski definition) is 0. The van der Waals surface area contributed by atoms with Crippen molar-refractivity contribution < 1.29 is 14.0 Å². The third-order valence-corrected chi connectivity index (χ3v) is 5.26. The van der Waals surface area contributed by atoms with Gasteiger partial charge in [0.1, 0.15) is 12.1 Å². The molecule has 0 bridgehead atoms. The predicted octanol–water partition coefficient (Wildman–Crippen LogP) is 3.00. The highest BCUT2D eigenvalue weighted by Crippen LogP contribution is 2.36. The Morgan fingerprint density at radius 3 is 2.35 bits per heavy atom. The van der Waals surface area contributed by atoms with E-state index < -0.39 is 7.12 Å². The molecule has 6 heteroatoms. The van der Waals surface area contributed by atoms with Crippen LogP contribution in [0.1, 0.15) is 78.8 Å². The van der Waals surface area contributed by atoms with E-state index in [4.69, 9.17) is 19.0 Å². The van der Waals surface area contributed by atoms with Crippen LogP contribution in [-0.2, 0) is 14.0 Å². The summed E-state index contributed by atoms with van der Waals surface area (Å²) in [5.41, 5.74) is 0.156. The van der Waals surface area contributed by atoms with Crippen LogP contribution in [-0.4, -0.2) is 34.5 Å². The lowest BCUT2D eigenvalue weighted by Gasteiger charge is -2.32. The van der Waals surface area contributed by atoms with Gasteiger partial charge in [-0.3, -0.25) is 0 Å². The molecule has 2 fully saturated rings.